The van der Waals surface area contributed by atoms with Gasteiger partial charge in [-0.15, -0.1) is 0 Å². The Morgan fingerprint density at radius 2 is 2.15 bits per heavy atom. The van der Waals surface area contributed by atoms with Gasteiger partial charge in [-0.25, -0.2) is 4.39 Å². The van der Waals surface area contributed by atoms with Gasteiger partial charge in [-0.05, 0) is 37.0 Å². The highest BCUT2D eigenvalue weighted by Crippen LogP contribution is 2.40. The lowest BCUT2D eigenvalue weighted by Crippen LogP contribution is -2.14. The van der Waals surface area contributed by atoms with E-state index in [1.165, 1.54) is 6.07 Å². The summed E-state index contributed by atoms with van der Waals surface area (Å²) in [4.78, 5) is 0. The summed E-state index contributed by atoms with van der Waals surface area (Å²) in [5.74, 6) is 0.205. The normalized spacial score (nSPS) is 18.7. The summed E-state index contributed by atoms with van der Waals surface area (Å²) in [6, 6.07) is 4.36. The molecule has 0 radical (unpaired) electrons. The molecule has 0 aromatic heterocycles. The highest BCUT2D eigenvalue weighted by atomic mass is 35.5. The van der Waals surface area contributed by atoms with Crippen molar-refractivity contribution in [1.29, 1.82) is 0 Å². The molecule has 1 fully saturated rings. The van der Waals surface area contributed by atoms with Crippen LogP contribution in [-0.2, 0) is 0 Å². The first-order valence-electron chi connectivity index (χ1n) is 4.39. The molecule has 2 N–H and O–H groups in total. The molecule has 13 heavy (non-hydrogen) atoms. The van der Waals surface area contributed by atoms with Gasteiger partial charge < -0.3 is 5.73 Å². The number of hydrogen-bond acceptors (Lipinski definition) is 1. The number of halogens is 2. The maximum Gasteiger partial charge on any atom is 0.128 e. The largest absolute Gasteiger partial charge is 0.324 e. The zero-order chi connectivity index (χ0) is 9.42. The van der Waals surface area contributed by atoms with Crippen LogP contribution in [0.3, 0.4) is 0 Å². The van der Waals surface area contributed by atoms with E-state index >= 15 is 0 Å². The van der Waals surface area contributed by atoms with Gasteiger partial charge in [0.25, 0.3) is 0 Å². The third-order valence-electron chi connectivity index (χ3n) is 2.45. The van der Waals surface area contributed by atoms with Gasteiger partial charge in [0.2, 0.25) is 0 Å². The number of nitrogens with two attached hydrogens (primary N) is 1. The quantitative estimate of drug-likeness (QED) is 0.779. The molecule has 2 rings (SSSR count). The van der Waals surface area contributed by atoms with Gasteiger partial charge in [-0.2, -0.15) is 0 Å². The smallest absolute Gasteiger partial charge is 0.128 e. The van der Waals surface area contributed by atoms with Crippen molar-refractivity contribution in [2.45, 2.75) is 18.9 Å². The van der Waals surface area contributed by atoms with E-state index in [1.807, 2.05) is 0 Å². The summed E-state index contributed by atoms with van der Waals surface area (Å²) in [6.45, 7) is 0. The van der Waals surface area contributed by atoms with Gasteiger partial charge in [0.15, 0.2) is 0 Å². The Morgan fingerprint density at radius 3 is 2.77 bits per heavy atom. The minimum Gasteiger partial charge on any atom is -0.324 e. The van der Waals surface area contributed by atoms with Crippen LogP contribution in [0.4, 0.5) is 4.39 Å². The van der Waals surface area contributed by atoms with Crippen LogP contribution in [0.25, 0.3) is 0 Å². The van der Waals surface area contributed by atoms with Crippen LogP contribution in [0.5, 0.6) is 0 Å². The highest BCUT2D eigenvalue weighted by Gasteiger charge is 2.31. The molecule has 1 unspecified atom stereocenters. The van der Waals surface area contributed by atoms with E-state index in [9.17, 15) is 4.39 Å². The first-order valence-corrected chi connectivity index (χ1v) is 4.77. The van der Waals surface area contributed by atoms with E-state index in [0.29, 0.717) is 16.5 Å². The van der Waals surface area contributed by atoms with Crippen molar-refractivity contribution in [3.63, 3.8) is 0 Å². The maximum atomic E-state index is 13.3. The van der Waals surface area contributed by atoms with Crippen LogP contribution in [0.15, 0.2) is 18.2 Å². The molecule has 0 heterocycles. The van der Waals surface area contributed by atoms with Gasteiger partial charge in [-0.3, -0.25) is 0 Å². The Bertz CT molecular complexity index is 323. The lowest BCUT2D eigenvalue weighted by atomic mass is 10.0. The minimum absolute atomic E-state index is 0.182. The van der Waals surface area contributed by atoms with Crippen molar-refractivity contribution in [1.82, 2.24) is 0 Å². The second-order valence-corrected chi connectivity index (χ2v) is 3.97. The standard InChI is InChI=1S/C10H11ClFN/c11-7-3-4-9(12)8(5-7)10(13)6-1-2-6/h3-6,10H,1-2,13H2. The molecule has 0 amide bonds. The molecule has 1 aromatic rings. The van der Waals surface area contributed by atoms with E-state index < -0.39 is 0 Å². The van der Waals surface area contributed by atoms with Gasteiger partial charge >= 0.3 is 0 Å². The molecule has 0 bridgehead atoms. The monoisotopic (exact) mass is 199 g/mol. The SMILES string of the molecule is NC(c1cc(Cl)ccc1F)C1CC1. The van der Waals surface area contributed by atoms with Gasteiger partial charge in [0.1, 0.15) is 5.82 Å². The lowest BCUT2D eigenvalue weighted by molar-refractivity contribution is 0.554. The van der Waals surface area contributed by atoms with Gasteiger partial charge in [0.05, 0.1) is 0 Å². The summed E-state index contributed by atoms with van der Waals surface area (Å²) >= 11 is 5.76. The zero-order valence-electron chi connectivity index (χ0n) is 7.13. The molecular formula is C10H11ClFN. The zero-order valence-corrected chi connectivity index (χ0v) is 7.89. The fourth-order valence-corrected chi connectivity index (χ4v) is 1.66. The summed E-state index contributed by atoms with van der Waals surface area (Å²) in [7, 11) is 0. The van der Waals surface area contributed by atoms with Crippen LogP contribution in [0.2, 0.25) is 5.02 Å². The number of rotatable bonds is 2. The molecule has 1 aliphatic carbocycles. The van der Waals surface area contributed by atoms with Crippen molar-refractivity contribution in [3.8, 4) is 0 Å². The van der Waals surface area contributed by atoms with E-state index in [4.69, 9.17) is 17.3 Å². The third kappa shape index (κ3) is 1.84. The molecule has 1 aromatic carbocycles. The fraction of sp³-hybridized carbons (Fsp3) is 0.400. The van der Waals surface area contributed by atoms with Crippen LogP contribution in [0.1, 0.15) is 24.4 Å². The molecule has 1 nitrogen and oxygen atoms in total. The van der Waals surface area contributed by atoms with Crippen LogP contribution < -0.4 is 5.73 Å². The highest BCUT2D eigenvalue weighted by molar-refractivity contribution is 6.30. The molecule has 70 valence electrons. The van der Waals surface area contributed by atoms with Crippen LogP contribution >= 0.6 is 11.6 Å². The molecule has 0 spiro atoms. The Kier molecular flexibility index (Phi) is 2.26. The first kappa shape index (κ1) is 8.97. The van der Waals surface area contributed by atoms with Crippen molar-refractivity contribution >= 4 is 11.6 Å². The van der Waals surface area contributed by atoms with E-state index in [-0.39, 0.29) is 11.9 Å². The molecule has 1 atom stereocenters. The molecular weight excluding hydrogens is 189 g/mol. The van der Waals surface area contributed by atoms with Crippen LogP contribution in [0, 0.1) is 11.7 Å². The topological polar surface area (TPSA) is 26.0 Å². The molecule has 1 aliphatic rings. The molecule has 0 aliphatic heterocycles. The van der Waals surface area contributed by atoms with Crippen molar-refractivity contribution in [2.24, 2.45) is 11.7 Å². The number of hydrogen-bond donors (Lipinski definition) is 1. The average Bonchev–Trinajstić information content (AvgIpc) is 2.91. The van der Waals surface area contributed by atoms with Crippen molar-refractivity contribution in [2.75, 3.05) is 0 Å². The maximum absolute atomic E-state index is 13.3. The van der Waals surface area contributed by atoms with Gasteiger partial charge in [0, 0.05) is 16.6 Å². The fourth-order valence-electron chi connectivity index (χ4n) is 1.48. The summed E-state index contributed by atoms with van der Waals surface area (Å²) in [6.07, 6.45) is 2.21. The van der Waals surface area contributed by atoms with Gasteiger partial charge in [-0.1, -0.05) is 11.6 Å². The lowest BCUT2D eigenvalue weighted by Gasteiger charge is -2.11. The second kappa shape index (κ2) is 3.28. The molecule has 0 saturated heterocycles. The summed E-state index contributed by atoms with van der Waals surface area (Å²) in [5, 5.41) is 0.549. The number of benzene rings is 1. The van der Waals surface area contributed by atoms with E-state index in [0.717, 1.165) is 12.8 Å². The van der Waals surface area contributed by atoms with Crippen LogP contribution in [-0.4, -0.2) is 0 Å². The average molecular weight is 200 g/mol. The molecule has 3 heteroatoms. The van der Waals surface area contributed by atoms with E-state index in [2.05, 4.69) is 0 Å². The Labute approximate surface area is 81.7 Å². The second-order valence-electron chi connectivity index (χ2n) is 3.53. The Morgan fingerprint density at radius 1 is 1.46 bits per heavy atom. The van der Waals surface area contributed by atoms with Crippen molar-refractivity contribution in [3.05, 3.63) is 34.6 Å². The van der Waals surface area contributed by atoms with E-state index in [1.54, 1.807) is 12.1 Å². The Hall–Kier alpha value is -0.600. The molecule has 1 saturated carbocycles. The predicted molar refractivity (Wildman–Crippen MR) is 51.1 cm³/mol. The first-order chi connectivity index (χ1) is 6.18. The van der Waals surface area contributed by atoms with Crippen molar-refractivity contribution < 1.29 is 4.39 Å². The minimum atomic E-state index is -0.246. The Balaban J connectivity index is 2.31. The summed E-state index contributed by atoms with van der Waals surface area (Å²) in [5.41, 5.74) is 6.42. The predicted octanol–water partition coefficient (Wildman–Crippen LogP) is 2.89. The summed E-state index contributed by atoms with van der Waals surface area (Å²) < 4.78 is 13.3. The third-order valence-corrected chi connectivity index (χ3v) is 2.68.